The first-order valence-corrected chi connectivity index (χ1v) is 9.89. The summed E-state index contributed by atoms with van der Waals surface area (Å²) in [5.41, 5.74) is 1.50. The van der Waals surface area contributed by atoms with Gasteiger partial charge in [0.25, 0.3) is 0 Å². The van der Waals surface area contributed by atoms with Crippen molar-refractivity contribution in [3.63, 3.8) is 0 Å². The quantitative estimate of drug-likeness (QED) is 0.833. The van der Waals surface area contributed by atoms with Gasteiger partial charge in [0.1, 0.15) is 5.25 Å². The van der Waals surface area contributed by atoms with E-state index < -0.39 is 5.25 Å². The van der Waals surface area contributed by atoms with E-state index in [4.69, 9.17) is 11.6 Å². The third-order valence-electron chi connectivity index (χ3n) is 4.56. The van der Waals surface area contributed by atoms with E-state index in [9.17, 15) is 9.59 Å². The van der Waals surface area contributed by atoms with Crippen LogP contribution in [-0.2, 0) is 9.59 Å². The second-order valence-corrected chi connectivity index (χ2v) is 8.09. The lowest BCUT2D eigenvalue weighted by molar-refractivity contribution is -0.122. The SMILES string of the molecule is Cc1c(Cl)cccc1NC(=O)CC1SC(=NC2CCCCC2)NC1=O. The molecule has 2 amide bonds. The Morgan fingerprint density at radius 1 is 1.36 bits per heavy atom. The van der Waals surface area contributed by atoms with Crippen molar-refractivity contribution < 1.29 is 9.59 Å². The predicted octanol–water partition coefficient (Wildman–Crippen LogP) is 3.90. The van der Waals surface area contributed by atoms with E-state index in [1.807, 2.05) is 6.92 Å². The zero-order chi connectivity index (χ0) is 17.8. The molecule has 1 aromatic carbocycles. The number of aliphatic imine (C=N–C) groups is 1. The second kappa shape index (κ2) is 8.23. The van der Waals surface area contributed by atoms with Crippen LogP contribution >= 0.6 is 23.4 Å². The van der Waals surface area contributed by atoms with E-state index in [-0.39, 0.29) is 18.2 Å². The molecule has 0 radical (unpaired) electrons. The molecule has 25 heavy (non-hydrogen) atoms. The first kappa shape index (κ1) is 18.3. The number of nitrogens with zero attached hydrogens (tertiary/aromatic N) is 1. The van der Waals surface area contributed by atoms with Gasteiger partial charge in [0, 0.05) is 17.1 Å². The van der Waals surface area contributed by atoms with Gasteiger partial charge in [0.2, 0.25) is 11.8 Å². The van der Waals surface area contributed by atoms with Gasteiger partial charge in [0.05, 0.1) is 6.04 Å². The van der Waals surface area contributed by atoms with E-state index in [2.05, 4.69) is 15.6 Å². The summed E-state index contributed by atoms with van der Waals surface area (Å²) < 4.78 is 0. The lowest BCUT2D eigenvalue weighted by Gasteiger charge is -2.17. The fourth-order valence-corrected chi connectivity index (χ4v) is 4.30. The standard InChI is InChI=1S/C18H22ClN3O2S/c1-11-13(19)8-5-9-14(11)21-16(23)10-15-17(24)22-18(25-15)20-12-6-3-2-4-7-12/h5,8-9,12,15H,2-4,6-7,10H2,1H3,(H,21,23)(H,20,22,24). The van der Waals surface area contributed by atoms with Gasteiger partial charge in [-0.1, -0.05) is 48.7 Å². The number of thioether (sulfide) groups is 1. The molecule has 2 aliphatic rings. The van der Waals surface area contributed by atoms with Gasteiger partial charge in [0.15, 0.2) is 5.17 Å². The molecule has 1 aromatic rings. The van der Waals surface area contributed by atoms with E-state index in [1.54, 1.807) is 18.2 Å². The molecule has 2 fully saturated rings. The molecular weight excluding hydrogens is 358 g/mol. The van der Waals surface area contributed by atoms with Crippen LogP contribution in [0.3, 0.4) is 0 Å². The van der Waals surface area contributed by atoms with Crippen molar-refractivity contribution in [2.24, 2.45) is 4.99 Å². The molecule has 1 saturated carbocycles. The molecule has 0 aromatic heterocycles. The van der Waals surface area contributed by atoms with Crippen LogP contribution in [0.25, 0.3) is 0 Å². The van der Waals surface area contributed by atoms with Crippen molar-refractivity contribution in [3.05, 3.63) is 28.8 Å². The van der Waals surface area contributed by atoms with Crippen LogP contribution < -0.4 is 10.6 Å². The molecule has 1 aliphatic heterocycles. The summed E-state index contributed by atoms with van der Waals surface area (Å²) in [6.07, 6.45) is 5.95. The number of amidine groups is 1. The Labute approximate surface area is 157 Å². The molecule has 5 nitrogen and oxygen atoms in total. The summed E-state index contributed by atoms with van der Waals surface area (Å²) in [6.45, 7) is 1.85. The lowest BCUT2D eigenvalue weighted by atomic mass is 9.96. The molecule has 0 bridgehead atoms. The maximum absolute atomic E-state index is 12.3. The lowest BCUT2D eigenvalue weighted by Crippen LogP contribution is -2.28. The zero-order valence-corrected chi connectivity index (χ0v) is 15.8. The zero-order valence-electron chi connectivity index (χ0n) is 14.2. The van der Waals surface area contributed by atoms with Crippen molar-refractivity contribution >= 4 is 46.0 Å². The minimum atomic E-state index is -0.429. The fourth-order valence-electron chi connectivity index (χ4n) is 3.09. The topological polar surface area (TPSA) is 70.6 Å². The molecular formula is C18H22ClN3O2S. The van der Waals surface area contributed by atoms with Crippen molar-refractivity contribution in [3.8, 4) is 0 Å². The number of anilines is 1. The number of carbonyl (C=O) groups is 2. The third kappa shape index (κ3) is 4.76. The van der Waals surface area contributed by atoms with Crippen molar-refractivity contribution in [2.45, 2.75) is 56.7 Å². The van der Waals surface area contributed by atoms with E-state index in [0.29, 0.717) is 21.9 Å². The van der Waals surface area contributed by atoms with Crippen LogP contribution in [0.4, 0.5) is 5.69 Å². The molecule has 2 N–H and O–H groups in total. The van der Waals surface area contributed by atoms with Crippen LogP contribution in [0.15, 0.2) is 23.2 Å². The minimum absolute atomic E-state index is 0.117. The number of hydrogen-bond acceptors (Lipinski definition) is 4. The molecule has 1 saturated heterocycles. The summed E-state index contributed by atoms with van der Waals surface area (Å²) >= 11 is 7.43. The van der Waals surface area contributed by atoms with Gasteiger partial charge in [-0.05, 0) is 37.5 Å². The smallest absolute Gasteiger partial charge is 0.240 e. The monoisotopic (exact) mass is 379 g/mol. The van der Waals surface area contributed by atoms with Gasteiger partial charge in [-0.2, -0.15) is 0 Å². The summed E-state index contributed by atoms with van der Waals surface area (Å²) in [5.74, 6) is -0.338. The highest BCUT2D eigenvalue weighted by Crippen LogP contribution is 2.27. The van der Waals surface area contributed by atoms with Crippen LogP contribution in [0.2, 0.25) is 5.02 Å². The van der Waals surface area contributed by atoms with Crippen molar-refractivity contribution in [1.29, 1.82) is 0 Å². The Balaban J connectivity index is 1.57. The average molecular weight is 380 g/mol. The van der Waals surface area contributed by atoms with Crippen molar-refractivity contribution in [1.82, 2.24) is 5.32 Å². The molecule has 1 aliphatic carbocycles. The van der Waals surface area contributed by atoms with Crippen LogP contribution in [0, 0.1) is 6.92 Å². The van der Waals surface area contributed by atoms with Crippen LogP contribution in [0.1, 0.15) is 44.1 Å². The van der Waals surface area contributed by atoms with E-state index in [0.717, 1.165) is 18.4 Å². The van der Waals surface area contributed by atoms with Gasteiger partial charge in [-0.3, -0.25) is 14.6 Å². The Hall–Kier alpha value is -1.53. The average Bonchev–Trinajstić information content (AvgIpc) is 2.92. The molecule has 3 rings (SSSR count). The largest absolute Gasteiger partial charge is 0.326 e. The molecule has 1 unspecified atom stereocenters. The summed E-state index contributed by atoms with van der Waals surface area (Å²) in [6, 6.07) is 5.67. The number of amides is 2. The fraction of sp³-hybridized carbons (Fsp3) is 0.500. The van der Waals surface area contributed by atoms with Gasteiger partial charge >= 0.3 is 0 Å². The highest BCUT2D eigenvalue weighted by Gasteiger charge is 2.32. The Morgan fingerprint density at radius 3 is 2.88 bits per heavy atom. The minimum Gasteiger partial charge on any atom is -0.326 e. The number of benzene rings is 1. The van der Waals surface area contributed by atoms with Gasteiger partial charge < -0.3 is 10.6 Å². The van der Waals surface area contributed by atoms with E-state index in [1.165, 1.54) is 31.0 Å². The van der Waals surface area contributed by atoms with Gasteiger partial charge in [-0.15, -0.1) is 0 Å². The highest BCUT2D eigenvalue weighted by atomic mass is 35.5. The maximum atomic E-state index is 12.3. The molecule has 134 valence electrons. The van der Waals surface area contributed by atoms with Crippen LogP contribution in [-0.4, -0.2) is 28.3 Å². The number of rotatable bonds is 4. The molecule has 7 heteroatoms. The number of nitrogens with one attached hydrogen (secondary N) is 2. The molecule has 0 spiro atoms. The van der Waals surface area contributed by atoms with Crippen molar-refractivity contribution in [2.75, 3.05) is 5.32 Å². The maximum Gasteiger partial charge on any atom is 0.240 e. The first-order chi connectivity index (χ1) is 12.0. The molecule has 1 atom stereocenters. The second-order valence-electron chi connectivity index (χ2n) is 6.49. The Morgan fingerprint density at radius 2 is 2.12 bits per heavy atom. The number of halogens is 1. The summed E-state index contributed by atoms with van der Waals surface area (Å²) in [7, 11) is 0. The molecule has 1 heterocycles. The van der Waals surface area contributed by atoms with Crippen LogP contribution in [0.5, 0.6) is 0 Å². The first-order valence-electron chi connectivity index (χ1n) is 8.63. The Bertz CT molecular complexity index is 702. The normalized spacial score (nSPS) is 22.9. The highest BCUT2D eigenvalue weighted by molar-refractivity contribution is 8.15. The summed E-state index contributed by atoms with van der Waals surface area (Å²) in [5, 5.41) is 6.49. The number of hydrogen-bond donors (Lipinski definition) is 2. The third-order valence-corrected chi connectivity index (χ3v) is 6.07. The Kier molecular flexibility index (Phi) is 6.02. The van der Waals surface area contributed by atoms with Gasteiger partial charge in [-0.25, -0.2) is 0 Å². The predicted molar refractivity (Wildman–Crippen MR) is 103 cm³/mol. The number of carbonyl (C=O) groups excluding carboxylic acids is 2. The summed E-state index contributed by atoms with van der Waals surface area (Å²) in [4.78, 5) is 29.1. The van der Waals surface area contributed by atoms with E-state index >= 15 is 0 Å².